The Hall–Kier alpha value is -5.95. The largest absolute Gasteiger partial charge is 0.478 e. The van der Waals surface area contributed by atoms with Gasteiger partial charge in [-0.25, -0.2) is 9.78 Å². The molecule has 0 saturated heterocycles. The molecule has 220 valence electrons. The van der Waals surface area contributed by atoms with E-state index in [2.05, 4.69) is 19.8 Å². The molecule has 0 aliphatic carbocycles. The number of hydrogen-bond donors (Lipinski definition) is 2. The molecule has 13 nitrogen and oxygen atoms in total. The number of carboxylic acid groups (broad SMARTS) is 1. The number of benzene rings is 2. The molecule has 3 rings (SSSR count). The van der Waals surface area contributed by atoms with Crippen molar-refractivity contribution in [2.45, 2.75) is 32.0 Å². The Bertz CT molecular complexity index is 1610. The smallest absolute Gasteiger partial charge is 0.349 e. The SMILES string of the molecule is COC(=O)Cc1ccc(OC(C(=O)O)C(Oc2ccc(CC(=O)OC)cc2C#N)C(=O)Nc2ccc(C)cn2)c(C#N)c1. The summed E-state index contributed by atoms with van der Waals surface area (Å²) in [5.41, 5.74) is 1.42. The minimum atomic E-state index is -2.04. The van der Waals surface area contributed by atoms with Crippen molar-refractivity contribution in [1.29, 1.82) is 10.5 Å². The molecule has 1 amide bonds. The van der Waals surface area contributed by atoms with Crippen LogP contribution in [0.1, 0.15) is 27.8 Å². The van der Waals surface area contributed by atoms with Crippen LogP contribution in [0.5, 0.6) is 11.5 Å². The van der Waals surface area contributed by atoms with E-state index in [1.807, 2.05) is 12.1 Å². The molecule has 0 spiro atoms. The van der Waals surface area contributed by atoms with E-state index in [0.29, 0.717) is 11.1 Å². The fourth-order valence-electron chi connectivity index (χ4n) is 3.74. The number of nitrogens with zero attached hydrogens (tertiary/aromatic N) is 3. The Morgan fingerprint density at radius 1 is 0.837 bits per heavy atom. The average Bonchev–Trinajstić information content (AvgIpc) is 3.00. The number of aliphatic carboxylic acids is 1. The summed E-state index contributed by atoms with van der Waals surface area (Å²) < 4.78 is 20.8. The summed E-state index contributed by atoms with van der Waals surface area (Å²) in [4.78, 5) is 53.4. The first-order valence-electron chi connectivity index (χ1n) is 12.6. The highest BCUT2D eigenvalue weighted by atomic mass is 16.6. The zero-order chi connectivity index (χ0) is 31.5. The minimum Gasteiger partial charge on any atom is -0.478 e. The Morgan fingerprint density at radius 2 is 1.35 bits per heavy atom. The number of anilines is 1. The lowest BCUT2D eigenvalue weighted by atomic mass is 10.1. The summed E-state index contributed by atoms with van der Waals surface area (Å²) in [5, 5.41) is 32.0. The average molecular weight is 587 g/mol. The lowest BCUT2D eigenvalue weighted by Crippen LogP contribution is -2.50. The number of ether oxygens (including phenoxy) is 4. The first-order valence-corrected chi connectivity index (χ1v) is 12.6. The van der Waals surface area contributed by atoms with Crippen molar-refractivity contribution in [3.8, 4) is 23.6 Å². The second-order valence-electron chi connectivity index (χ2n) is 9.02. The second kappa shape index (κ2) is 14.6. The third-order valence-corrected chi connectivity index (χ3v) is 5.93. The van der Waals surface area contributed by atoms with Gasteiger partial charge in [-0.2, -0.15) is 10.5 Å². The van der Waals surface area contributed by atoms with Crippen LogP contribution < -0.4 is 14.8 Å². The van der Waals surface area contributed by atoms with Gasteiger partial charge < -0.3 is 29.4 Å². The van der Waals surface area contributed by atoms with Crippen LogP contribution in [0.2, 0.25) is 0 Å². The summed E-state index contributed by atoms with van der Waals surface area (Å²) in [6.07, 6.45) is -2.75. The van der Waals surface area contributed by atoms with E-state index in [-0.39, 0.29) is 41.3 Å². The van der Waals surface area contributed by atoms with Crippen molar-refractivity contribution in [3.63, 3.8) is 0 Å². The van der Waals surface area contributed by atoms with E-state index in [4.69, 9.17) is 9.47 Å². The van der Waals surface area contributed by atoms with Gasteiger partial charge in [0, 0.05) is 6.20 Å². The predicted octanol–water partition coefficient (Wildman–Crippen LogP) is 2.48. The fraction of sp³-hybridized carbons (Fsp3) is 0.233. The monoisotopic (exact) mass is 586 g/mol. The molecule has 3 aromatic rings. The molecule has 0 saturated carbocycles. The molecule has 0 bridgehead atoms. The van der Waals surface area contributed by atoms with Crippen LogP contribution in [-0.4, -0.2) is 60.3 Å². The van der Waals surface area contributed by atoms with Crippen LogP contribution in [0.4, 0.5) is 5.82 Å². The summed E-state index contributed by atoms with van der Waals surface area (Å²) in [6.45, 7) is 1.79. The normalized spacial score (nSPS) is 11.6. The highest BCUT2D eigenvalue weighted by Crippen LogP contribution is 2.26. The highest BCUT2D eigenvalue weighted by molar-refractivity contribution is 5.97. The maximum Gasteiger partial charge on any atom is 0.349 e. The molecule has 0 fully saturated rings. The van der Waals surface area contributed by atoms with Crippen molar-refractivity contribution in [1.82, 2.24) is 4.98 Å². The lowest BCUT2D eigenvalue weighted by Gasteiger charge is -2.26. The maximum atomic E-state index is 13.5. The van der Waals surface area contributed by atoms with Gasteiger partial charge in [-0.05, 0) is 53.9 Å². The van der Waals surface area contributed by atoms with Crippen molar-refractivity contribution in [2.75, 3.05) is 19.5 Å². The first kappa shape index (κ1) is 31.6. The van der Waals surface area contributed by atoms with Crippen molar-refractivity contribution < 1.29 is 43.2 Å². The molecule has 2 unspecified atom stereocenters. The molecular formula is C30H26N4O9. The molecule has 2 aromatic carbocycles. The molecule has 43 heavy (non-hydrogen) atoms. The number of nitrogens with one attached hydrogen (secondary N) is 1. The van der Waals surface area contributed by atoms with E-state index in [1.54, 1.807) is 13.0 Å². The van der Waals surface area contributed by atoms with Gasteiger partial charge in [0.25, 0.3) is 5.91 Å². The first-order chi connectivity index (χ1) is 20.6. The Morgan fingerprint density at radius 3 is 1.77 bits per heavy atom. The zero-order valence-corrected chi connectivity index (χ0v) is 23.3. The predicted molar refractivity (Wildman–Crippen MR) is 148 cm³/mol. The Labute approximate surface area is 246 Å². The fourth-order valence-corrected chi connectivity index (χ4v) is 3.74. The highest BCUT2D eigenvalue weighted by Gasteiger charge is 2.39. The van der Waals surface area contributed by atoms with Crippen LogP contribution in [0.25, 0.3) is 0 Å². The topological polar surface area (TPSA) is 198 Å². The van der Waals surface area contributed by atoms with Crippen LogP contribution in [0.3, 0.4) is 0 Å². The van der Waals surface area contributed by atoms with E-state index >= 15 is 0 Å². The van der Waals surface area contributed by atoms with E-state index in [9.17, 15) is 34.8 Å². The van der Waals surface area contributed by atoms with E-state index in [1.165, 1.54) is 62.9 Å². The van der Waals surface area contributed by atoms with Gasteiger partial charge in [0.05, 0.1) is 38.2 Å². The molecular weight excluding hydrogens is 560 g/mol. The molecule has 0 aliphatic heterocycles. The van der Waals surface area contributed by atoms with Crippen LogP contribution in [0, 0.1) is 29.6 Å². The number of carboxylic acids is 1. The van der Waals surface area contributed by atoms with Gasteiger partial charge in [-0.1, -0.05) is 18.2 Å². The number of aryl methyl sites for hydroxylation is 1. The number of methoxy groups -OCH3 is 2. The number of hydrogen-bond acceptors (Lipinski definition) is 11. The molecule has 2 atom stereocenters. The summed E-state index contributed by atoms with van der Waals surface area (Å²) in [5.74, 6) is -3.99. The van der Waals surface area contributed by atoms with Crippen LogP contribution in [0.15, 0.2) is 54.7 Å². The number of nitriles is 2. The van der Waals surface area contributed by atoms with Gasteiger partial charge >= 0.3 is 17.9 Å². The molecule has 13 heteroatoms. The second-order valence-corrected chi connectivity index (χ2v) is 9.02. The Balaban J connectivity index is 2.02. The van der Waals surface area contributed by atoms with Gasteiger partial charge in [-0.15, -0.1) is 0 Å². The molecule has 1 heterocycles. The summed E-state index contributed by atoms with van der Waals surface area (Å²) >= 11 is 0. The van der Waals surface area contributed by atoms with E-state index in [0.717, 1.165) is 5.56 Å². The number of aromatic nitrogens is 1. The third-order valence-electron chi connectivity index (χ3n) is 5.93. The standard InChI is InChI=1S/C30H26N4O9/c1-17-4-9-24(33-16-17)34-29(37)27(42-22-7-5-18(10-20(22)14-31)12-25(35)40-2)28(30(38)39)43-23-8-6-19(11-21(23)15-32)13-26(36)41-3/h4-11,16,27-28H,12-13H2,1-3H3,(H,38,39)(H,33,34,37). The minimum absolute atomic E-state index is 0.0900. The number of amides is 1. The number of carbonyl (C=O) groups excluding carboxylic acids is 3. The van der Waals surface area contributed by atoms with Crippen LogP contribution in [-0.2, 0) is 41.5 Å². The van der Waals surface area contributed by atoms with Crippen molar-refractivity contribution in [3.05, 3.63) is 82.5 Å². The van der Waals surface area contributed by atoms with Gasteiger partial charge in [-0.3, -0.25) is 14.4 Å². The molecule has 0 radical (unpaired) electrons. The number of carbonyl (C=O) groups is 4. The van der Waals surface area contributed by atoms with Crippen molar-refractivity contribution >= 4 is 29.6 Å². The summed E-state index contributed by atoms with van der Waals surface area (Å²) in [6, 6.07) is 15.1. The van der Waals surface area contributed by atoms with Gasteiger partial charge in [0.1, 0.15) is 29.5 Å². The quantitative estimate of drug-likeness (QED) is 0.294. The number of pyridine rings is 1. The van der Waals surface area contributed by atoms with E-state index < -0.39 is 36.0 Å². The van der Waals surface area contributed by atoms with Gasteiger partial charge in [0.15, 0.2) is 0 Å². The summed E-state index contributed by atoms with van der Waals surface area (Å²) in [7, 11) is 2.43. The maximum absolute atomic E-state index is 13.5. The molecule has 0 aliphatic rings. The van der Waals surface area contributed by atoms with Gasteiger partial charge in [0.2, 0.25) is 12.2 Å². The zero-order valence-electron chi connectivity index (χ0n) is 23.3. The molecule has 2 N–H and O–H groups in total. The molecule has 1 aromatic heterocycles. The number of rotatable bonds is 12. The van der Waals surface area contributed by atoms with Crippen LogP contribution >= 0.6 is 0 Å². The lowest BCUT2D eigenvalue weighted by molar-refractivity contribution is -0.153. The third kappa shape index (κ3) is 8.52. The van der Waals surface area contributed by atoms with Crippen molar-refractivity contribution in [2.24, 2.45) is 0 Å². The number of esters is 2. The Kier molecular flexibility index (Phi) is 10.7.